The Kier molecular flexibility index (Phi) is 7.20. The summed E-state index contributed by atoms with van der Waals surface area (Å²) in [7, 11) is 0. The number of carbonyl (C=O) groups excluding carboxylic acids is 4. The van der Waals surface area contributed by atoms with Crippen molar-refractivity contribution in [2.24, 2.45) is 39.4 Å². The second-order valence-electron chi connectivity index (χ2n) is 14.6. The second kappa shape index (κ2) is 9.38. The monoisotopic (exact) mass is 528 g/mol. The molecule has 0 aromatic carbocycles. The van der Waals surface area contributed by atoms with Gasteiger partial charge in [-0.05, 0) is 74.7 Å². The molecule has 1 heterocycles. The standard InChI is InChI=1S/C32H48O6/c1-19(18-22(37-20(2)33)27-29(5,6)38-27)21(34)12-16-32(9)26(36)11-10-24-30(7)15-14-25(35)28(3,4)23(30)13-17-31(24,32)8/h10-11,19,22-24,27H,12-18H2,1-9H3/t19-,22+,23?,24?,27-,30+,31+,32+/m1/s1. The SMILES string of the molecule is CC(=O)O[C@@H](C[C@@H](C)C(=O)CC[C@@]1(C)C(=O)C=CC2[C@@]3(C)CCC(=O)C(C)(C)C3CC[C@@]21C)[C@H]1OC1(C)C. The number of hydrogen-bond donors (Lipinski definition) is 0. The van der Waals surface area contributed by atoms with E-state index in [2.05, 4.69) is 40.7 Å². The van der Waals surface area contributed by atoms with E-state index >= 15 is 0 Å². The molecule has 0 radical (unpaired) electrons. The highest BCUT2D eigenvalue weighted by Crippen LogP contribution is 2.69. The minimum absolute atomic E-state index is 0.0610. The average molecular weight is 529 g/mol. The molecule has 38 heavy (non-hydrogen) atoms. The number of fused-ring (bicyclic) bond motifs is 3. The van der Waals surface area contributed by atoms with Gasteiger partial charge in [-0.2, -0.15) is 0 Å². The van der Waals surface area contributed by atoms with Crippen LogP contribution in [0.4, 0.5) is 0 Å². The molecule has 4 aliphatic rings. The first-order chi connectivity index (χ1) is 17.4. The lowest BCUT2D eigenvalue weighted by molar-refractivity contribution is -0.175. The van der Waals surface area contributed by atoms with E-state index in [4.69, 9.17) is 9.47 Å². The number of esters is 1. The summed E-state index contributed by atoms with van der Waals surface area (Å²) in [5.41, 5.74) is -1.71. The molecule has 4 rings (SSSR count). The summed E-state index contributed by atoms with van der Waals surface area (Å²) in [5.74, 6) is 0.338. The molecule has 6 heteroatoms. The molecule has 0 aromatic rings. The van der Waals surface area contributed by atoms with E-state index in [1.165, 1.54) is 6.92 Å². The molecular weight excluding hydrogens is 480 g/mol. The summed E-state index contributed by atoms with van der Waals surface area (Å²) in [6.45, 7) is 18.0. The Morgan fingerprint density at radius 1 is 1.08 bits per heavy atom. The fourth-order valence-corrected chi connectivity index (χ4v) is 8.76. The van der Waals surface area contributed by atoms with Gasteiger partial charge in [0.15, 0.2) is 5.78 Å². The summed E-state index contributed by atoms with van der Waals surface area (Å²) in [4.78, 5) is 51.5. The van der Waals surface area contributed by atoms with Crippen LogP contribution in [-0.2, 0) is 28.7 Å². The number of hydrogen-bond acceptors (Lipinski definition) is 6. The molecule has 212 valence electrons. The van der Waals surface area contributed by atoms with Gasteiger partial charge in [0, 0.05) is 36.5 Å². The van der Waals surface area contributed by atoms with Gasteiger partial charge in [0.2, 0.25) is 0 Å². The van der Waals surface area contributed by atoms with Gasteiger partial charge in [-0.15, -0.1) is 0 Å². The van der Waals surface area contributed by atoms with E-state index in [9.17, 15) is 19.2 Å². The highest BCUT2D eigenvalue weighted by atomic mass is 16.6. The number of allylic oxidation sites excluding steroid dienone is 2. The van der Waals surface area contributed by atoms with Crippen molar-refractivity contribution >= 4 is 23.3 Å². The van der Waals surface area contributed by atoms with E-state index in [1.54, 1.807) is 6.08 Å². The third-order valence-corrected chi connectivity index (χ3v) is 11.6. The summed E-state index contributed by atoms with van der Waals surface area (Å²) in [6, 6.07) is 0. The minimum atomic E-state index is -0.655. The van der Waals surface area contributed by atoms with E-state index in [0.717, 1.165) is 19.3 Å². The number of Topliss-reactive ketones (excluding diaryl/α,β-unsaturated/α-hetero) is 2. The first kappa shape index (κ1) is 29.2. The van der Waals surface area contributed by atoms with Crippen LogP contribution in [0.15, 0.2) is 12.2 Å². The van der Waals surface area contributed by atoms with Crippen LogP contribution in [0.1, 0.15) is 107 Å². The first-order valence-electron chi connectivity index (χ1n) is 14.5. The summed E-state index contributed by atoms with van der Waals surface area (Å²) in [6.07, 6.45) is 7.70. The lowest BCUT2D eigenvalue weighted by Gasteiger charge is -2.65. The van der Waals surface area contributed by atoms with Gasteiger partial charge in [-0.1, -0.05) is 47.6 Å². The molecule has 6 nitrogen and oxygen atoms in total. The Balaban J connectivity index is 1.50. The Labute approximate surface area is 228 Å². The zero-order valence-electron chi connectivity index (χ0n) is 24.9. The quantitative estimate of drug-likeness (QED) is 0.282. The van der Waals surface area contributed by atoms with Gasteiger partial charge < -0.3 is 9.47 Å². The molecule has 2 saturated carbocycles. The third kappa shape index (κ3) is 4.53. The van der Waals surface area contributed by atoms with Crippen molar-refractivity contribution < 1.29 is 28.7 Å². The molecule has 1 saturated heterocycles. The van der Waals surface area contributed by atoms with Crippen LogP contribution >= 0.6 is 0 Å². The van der Waals surface area contributed by atoms with Crippen molar-refractivity contribution in [3.05, 3.63) is 12.2 Å². The van der Waals surface area contributed by atoms with Crippen molar-refractivity contribution in [2.45, 2.75) is 125 Å². The number of rotatable bonds is 8. The molecule has 1 aliphatic heterocycles. The lowest BCUT2D eigenvalue weighted by atomic mass is 9.37. The van der Waals surface area contributed by atoms with Gasteiger partial charge in [0.25, 0.3) is 0 Å². The van der Waals surface area contributed by atoms with E-state index in [0.29, 0.717) is 31.5 Å². The zero-order valence-corrected chi connectivity index (χ0v) is 24.9. The third-order valence-electron chi connectivity index (χ3n) is 11.6. The minimum Gasteiger partial charge on any atom is -0.460 e. The number of ketones is 3. The van der Waals surface area contributed by atoms with Crippen LogP contribution in [0.25, 0.3) is 0 Å². The number of carbonyl (C=O) groups is 4. The summed E-state index contributed by atoms with van der Waals surface area (Å²) >= 11 is 0. The Morgan fingerprint density at radius 2 is 1.71 bits per heavy atom. The predicted octanol–water partition coefficient (Wildman–Crippen LogP) is 6.04. The van der Waals surface area contributed by atoms with Crippen LogP contribution in [0.2, 0.25) is 0 Å². The van der Waals surface area contributed by atoms with Crippen molar-refractivity contribution in [1.29, 1.82) is 0 Å². The van der Waals surface area contributed by atoms with Gasteiger partial charge in [0.05, 0.1) is 5.60 Å². The molecule has 3 aliphatic carbocycles. The molecule has 3 fully saturated rings. The lowest BCUT2D eigenvalue weighted by Crippen LogP contribution is -2.62. The van der Waals surface area contributed by atoms with E-state index < -0.39 is 11.5 Å². The Morgan fingerprint density at radius 3 is 2.29 bits per heavy atom. The molecule has 0 N–H and O–H groups in total. The van der Waals surface area contributed by atoms with Gasteiger partial charge >= 0.3 is 5.97 Å². The van der Waals surface area contributed by atoms with Crippen LogP contribution < -0.4 is 0 Å². The van der Waals surface area contributed by atoms with Gasteiger partial charge in [-0.3, -0.25) is 19.2 Å². The molecular formula is C32H48O6. The smallest absolute Gasteiger partial charge is 0.302 e. The average Bonchev–Trinajstić information content (AvgIpc) is 3.45. The van der Waals surface area contributed by atoms with Crippen molar-refractivity contribution in [2.75, 3.05) is 0 Å². The maximum Gasteiger partial charge on any atom is 0.302 e. The van der Waals surface area contributed by atoms with Gasteiger partial charge in [0.1, 0.15) is 23.8 Å². The summed E-state index contributed by atoms with van der Waals surface area (Å²) < 4.78 is 11.2. The number of epoxide rings is 1. The van der Waals surface area contributed by atoms with Crippen molar-refractivity contribution in [3.63, 3.8) is 0 Å². The topological polar surface area (TPSA) is 90.0 Å². The number of ether oxygens (including phenoxy) is 2. The molecule has 0 spiro atoms. The van der Waals surface area contributed by atoms with Crippen LogP contribution in [0.5, 0.6) is 0 Å². The van der Waals surface area contributed by atoms with Crippen LogP contribution in [-0.4, -0.2) is 41.1 Å². The van der Waals surface area contributed by atoms with Crippen molar-refractivity contribution in [3.8, 4) is 0 Å². The molecule has 0 bridgehead atoms. The largest absolute Gasteiger partial charge is 0.460 e. The first-order valence-corrected chi connectivity index (χ1v) is 14.5. The molecule has 2 unspecified atom stereocenters. The van der Waals surface area contributed by atoms with Crippen molar-refractivity contribution in [1.82, 2.24) is 0 Å². The maximum atomic E-state index is 13.5. The Bertz CT molecular complexity index is 1050. The Hall–Kier alpha value is -1.82. The molecule has 8 atom stereocenters. The highest BCUT2D eigenvalue weighted by molar-refractivity contribution is 5.97. The van der Waals surface area contributed by atoms with Gasteiger partial charge in [-0.25, -0.2) is 0 Å². The summed E-state index contributed by atoms with van der Waals surface area (Å²) in [5, 5.41) is 0. The normalized spacial score (nSPS) is 40.5. The zero-order chi connectivity index (χ0) is 28.5. The fraction of sp³-hybridized carbons (Fsp3) is 0.812. The van der Waals surface area contributed by atoms with E-state index in [-0.39, 0.29) is 63.2 Å². The molecule has 0 amide bonds. The molecule has 0 aromatic heterocycles. The maximum absolute atomic E-state index is 13.5. The highest BCUT2D eigenvalue weighted by Gasteiger charge is 2.66. The predicted molar refractivity (Wildman–Crippen MR) is 145 cm³/mol. The fourth-order valence-electron chi connectivity index (χ4n) is 8.76. The van der Waals surface area contributed by atoms with Crippen LogP contribution in [0.3, 0.4) is 0 Å². The second-order valence-corrected chi connectivity index (χ2v) is 14.6. The van der Waals surface area contributed by atoms with E-state index in [1.807, 2.05) is 20.8 Å². The van der Waals surface area contributed by atoms with Crippen LogP contribution in [0, 0.1) is 39.4 Å².